The van der Waals surface area contributed by atoms with Crippen molar-refractivity contribution in [3.05, 3.63) is 88.9 Å². The lowest BCUT2D eigenvalue weighted by molar-refractivity contribution is 1.06. The first-order valence-electron chi connectivity index (χ1n) is 11.2. The van der Waals surface area contributed by atoms with Crippen molar-refractivity contribution in [2.45, 2.75) is 27.2 Å². The Morgan fingerprint density at radius 2 is 1.88 bits per heavy atom. The smallest absolute Gasteiger partial charge is 0.142 e. The Kier molecular flexibility index (Phi) is 6.46. The fraction of sp³-hybridized carbons (Fsp3) is 0.179. The molecule has 6 nitrogen and oxygen atoms in total. The van der Waals surface area contributed by atoms with Crippen molar-refractivity contribution in [1.82, 2.24) is 9.97 Å². The zero-order valence-electron chi connectivity index (χ0n) is 19.7. The van der Waals surface area contributed by atoms with E-state index < -0.39 is 0 Å². The lowest BCUT2D eigenvalue weighted by atomic mass is 9.93. The molecule has 4 rings (SSSR count). The molecule has 0 fully saturated rings. The molecule has 2 aromatic carbocycles. The number of aryl methyl sites for hydroxylation is 2. The van der Waals surface area contributed by atoms with Gasteiger partial charge in [-0.25, -0.2) is 9.97 Å². The Hall–Kier alpha value is -4.37. The van der Waals surface area contributed by atoms with E-state index in [1.54, 1.807) is 0 Å². The van der Waals surface area contributed by atoms with Crippen molar-refractivity contribution in [1.29, 1.82) is 5.41 Å². The number of anilines is 3. The minimum Gasteiger partial charge on any atom is -0.383 e. The maximum absolute atomic E-state index is 8.38. The van der Waals surface area contributed by atoms with Crippen LogP contribution in [0, 0.1) is 31.1 Å². The van der Waals surface area contributed by atoms with Crippen LogP contribution in [0.4, 0.5) is 17.3 Å². The van der Waals surface area contributed by atoms with Gasteiger partial charge in [0.05, 0.1) is 12.1 Å². The van der Waals surface area contributed by atoms with Crippen LogP contribution in [-0.2, 0) is 0 Å². The van der Waals surface area contributed by atoms with E-state index in [2.05, 4.69) is 88.9 Å². The fourth-order valence-electron chi connectivity index (χ4n) is 4.17. The van der Waals surface area contributed by atoms with Crippen LogP contribution in [0.15, 0.2) is 61.1 Å². The quantitative estimate of drug-likeness (QED) is 0.359. The number of hydrogen-bond acceptors (Lipinski definition) is 6. The second-order valence-corrected chi connectivity index (χ2v) is 8.11. The van der Waals surface area contributed by atoms with E-state index in [0.717, 1.165) is 33.8 Å². The number of nitrogens with one attached hydrogen (secondary N) is 2. The molecule has 6 heteroatoms. The molecule has 0 amide bonds. The molecule has 1 aliphatic heterocycles. The maximum atomic E-state index is 8.38. The highest BCUT2D eigenvalue weighted by Crippen LogP contribution is 2.39. The van der Waals surface area contributed by atoms with Crippen molar-refractivity contribution >= 4 is 34.8 Å². The lowest BCUT2D eigenvalue weighted by Crippen LogP contribution is -2.29. The minimum atomic E-state index is 0.0983. The molecule has 170 valence electrons. The average molecular weight is 449 g/mol. The van der Waals surface area contributed by atoms with Crippen molar-refractivity contribution < 1.29 is 0 Å². The zero-order valence-corrected chi connectivity index (χ0v) is 19.7. The summed E-state index contributed by atoms with van der Waals surface area (Å²) < 4.78 is 0. The average Bonchev–Trinajstić information content (AvgIpc) is 2.82. The van der Waals surface area contributed by atoms with Gasteiger partial charge in [-0.2, -0.15) is 0 Å². The predicted molar refractivity (Wildman–Crippen MR) is 142 cm³/mol. The van der Waals surface area contributed by atoms with Crippen LogP contribution < -0.4 is 16.0 Å². The van der Waals surface area contributed by atoms with Crippen LogP contribution in [0.2, 0.25) is 0 Å². The monoisotopic (exact) mass is 448 g/mol. The highest BCUT2D eigenvalue weighted by molar-refractivity contribution is 6.16. The highest BCUT2D eigenvalue weighted by Gasteiger charge is 2.26. The summed E-state index contributed by atoms with van der Waals surface area (Å²) in [6, 6.07) is 14.5. The van der Waals surface area contributed by atoms with Gasteiger partial charge in [-0.05, 0) is 48.6 Å². The Labute approximate surface area is 200 Å². The van der Waals surface area contributed by atoms with Gasteiger partial charge in [0.2, 0.25) is 0 Å². The molecule has 4 N–H and O–H groups in total. The highest BCUT2D eigenvalue weighted by atomic mass is 15.2. The maximum Gasteiger partial charge on any atom is 0.142 e. The van der Waals surface area contributed by atoms with Gasteiger partial charge in [-0.3, -0.25) is 5.41 Å². The number of hydrogen-bond donors (Lipinski definition) is 3. The summed E-state index contributed by atoms with van der Waals surface area (Å²) in [6.07, 6.45) is 4.22. The summed E-state index contributed by atoms with van der Waals surface area (Å²) in [5.41, 5.74) is 14.2. The molecular weight excluding hydrogens is 420 g/mol. The van der Waals surface area contributed by atoms with Crippen LogP contribution in [0.3, 0.4) is 0 Å². The number of nitrogens with zero attached hydrogens (tertiary/aromatic N) is 3. The van der Waals surface area contributed by atoms with Gasteiger partial charge < -0.3 is 16.0 Å². The summed E-state index contributed by atoms with van der Waals surface area (Å²) in [7, 11) is 0. The normalized spacial score (nSPS) is 12.4. The number of aromatic nitrogens is 2. The number of nitrogens with two attached hydrogens (primary N) is 1. The molecule has 0 aliphatic carbocycles. The largest absolute Gasteiger partial charge is 0.383 e. The molecule has 3 aromatic rings. The standard InChI is InChI=1S/C28H28N6/c1-5-6-13-23(29)26-27(30)32-17-33-28(26)31-16-22-15-21-12-9-11-19(3)25(21)20(4)34(22)24-14-8-7-10-18(24)2/h7-12,14-15,17,29H,4-5,16H2,1-3H3,(H3,30,31,32,33). The number of para-hydroxylation sites is 1. The van der Waals surface area contributed by atoms with Crippen molar-refractivity contribution in [3.63, 3.8) is 0 Å². The first-order chi connectivity index (χ1) is 16.4. The van der Waals surface area contributed by atoms with E-state index in [9.17, 15) is 0 Å². The Morgan fingerprint density at radius 1 is 1.12 bits per heavy atom. The van der Waals surface area contributed by atoms with Gasteiger partial charge in [-0.1, -0.05) is 55.8 Å². The van der Waals surface area contributed by atoms with E-state index in [-0.39, 0.29) is 11.5 Å². The van der Waals surface area contributed by atoms with Gasteiger partial charge in [0.25, 0.3) is 0 Å². The second kappa shape index (κ2) is 9.63. The molecule has 0 radical (unpaired) electrons. The Bertz CT molecular complexity index is 1370. The van der Waals surface area contributed by atoms with E-state index in [4.69, 9.17) is 11.1 Å². The molecule has 0 bridgehead atoms. The number of fused-ring (bicyclic) bond motifs is 1. The molecule has 34 heavy (non-hydrogen) atoms. The summed E-state index contributed by atoms with van der Waals surface area (Å²) in [5, 5.41) is 11.8. The molecule has 0 atom stereocenters. The van der Waals surface area contributed by atoms with Crippen LogP contribution in [0.1, 0.15) is 41.2 Å². The summed E-state index contributed by atoms with van der Waals surface area (Å²) in [5.74, 6) is 6.46. The van der Waals surface area contributed by atoms with Crippen LogP contribution in [0.25, 0.3) is 11.8 Å². The van der Waals surface area contributed by atoms with Gasteiger partial charge in [-0.15, -0.1) is 0 Å². The topological polar surface area (TPSA) is 90.9 Å². The van der Waals surface area contributed by atoms with Gasteiger partial charge >= 0.3 is 0 Å². The molecule has 1 aliphatic rings. The Morgan fingerprint density at radius 3 is 2.65 bits per heavy atom. The molecule has 0 saturated heterocycles. The van der Waals surface area contributed by atoms with E-state index in [1.165, 1.54) is 11.9 Å². The molecule has 1 aromatic heterocycles. The first-order valence-corrected chi connectivity index (χ1v) is 11.2. The van der Waals surface area contributed by atoms with Crippen molar-refractivity contribution in [2.75, 3.05) is 22.5 Å². The Balaban J connectivity index is 1.76. The van der Waals surface area contributed by atoms with Gasteiger partial charge in [0, 0.05) is 29.1 Å². The van der Waals surface area contributed by atoms with Gasteiger partial charge in [0.1, 0.15) is 23.7 Å². The number of benzene rings is 2. The van der Waals surface area contributed by atoms with Crippen LogP contribution in [-0.4, -0.2) is 22.2 Å². The number of nitrogen functional groups attached to an aromatic ring is 1. The minimum absolute atomic E-state index is 0.0983. The molecule has 0 spiro atoms. The SMILES string of the molecule is C=C1c2c(C)cccc2C=C(CNc2ncnc(N)c2C(=N)C#CCC)N1c1ccccc1C. The number of rotatable bonds is 5. The third-order valence-corrected chi connectivity index (χ3v) is 5.78. The molecule has 2 heterocycles. The van der Waals surface area contributed by atoms with Crippen molar-refractivity contribution in [3.8, 4) is 11.8 Å². The molecule has 0 saturated carbocycles. The van der Waals surface area contributed by atoms with E-state index >= 15 is 0 Å². The molecule has 0 unspecified atom stereocenters. The van der Waals surface area contributed by atoms with Crippen LogP contribution >= 0.6 is 0 Å². The van der Waals surface area contributed by atoms with Crippen LogP contribution in [0.5, 0.6) is 0 Å². The zero-order chi connectivity index (χ0) is 24.2. The summed E-state index contributed by atoms with van der Waals surface area (Å²) in [6.45, 7) is 11.1. The first kappa shape index (κ1) is 22.8. The second-order valence-electron chi connectivity index (χ2n) is 8.11. The molecular formula is C28H28N6. The fourth-order valence-corrected chi connectivity index (χ4v) is 4.17. The third kappa shape index (κ3) is 4.28. The third-order valence-electron chi connectivity index (χ3n) is 5.78. The summed E-state index contributed by atoms with van der Waals surface area (Å²) >= 11 is 0. The lowest BCUT2D eigenvalue weighted by Gasteiger charge is -2.35. The van der Waals surface area contributed by atoms with E-state index in [0.29, 0.717) is 24.3 Å². The van der Waals surface area contributed by atoms with Gasteiger partial charge in [0.15, 0.2) is 0 Å². The van der Waals surface area contributed by atoms with Crippen molar-refractivity contribution in [2.24, 2.45) is 0 Å². The summed E-state index contributed by atoms with van der Waals surface area (Å²) in [4.78, 5) is 10.6. The predicted octanol–water partition coefficient (Wildman–Crippen LogP) is 5.40. The van der Waals surface area contributed by atoms with E-state index in [1.807, 2.05) is 19.1 Å².